The molecule has 0 N–H and O–H groups in total. The van der Waals surface area contributed by atoms with Gasteiger partial charge >= 0.3 is 0 Å². The van der Waals surface area contributed by atoms with Crippen LogP contribution in [-0.2, 0) is 4.74 Å². The van der Waals surface area contributed by atoms with Crippen molar-refractivity contribution < 1.29 is 4.74 Å². The monoisotopic (exact) mass is 193 g/mol. The van der Waals surface area contributed by atoms with Crippen LogP contribution < -0.4 is 0 Å². The van der Waals surface area contributed by atoms with Crippen LogP contribution in [0.3, 0.4) is 0 Å². The third kappa shape index (κ3) is 2.09. The molecule has 1 saturated carbocycles. The number of rotatable bonds is 1. The molecule has 2 nitrogen and oxygen atoms in total. The molecule has 2 aliphatic rings. The van der Waals surface area contributed by atoms with Crippen molar-refractivity contribution in [3.63, 3.8) is 0 Å². The standard InChI is InChI=1S/C12H19NO/c13-9-11-7-8-14-12(11)10-5-3-1-2-4-6-10/h10-12H,1-8H2. The van der Waals surface area contributed by atoms with Crippen LogP contribution >= 0.6 is 0 Å². The Morgan fingerprint density at radius 2 is 1.71 bits per heavy atom. The van der Waals surface area contributed by atoms with Crippen LogP contribution in [0.1, 0.15) is 44.9 Å². The Bertz CT molecular complexity index is 213. The highest BCUT2D eigenvalue weighted by Crippen LogP contribution is 2.34. The number of nitrogens with zero attached hydrogens (tertiary/aromatic N) is 1. The molecule has 0 bridgehead atoms. The Morgan fingerprint density at radius 1 is 1.00 bits per heavy atom. The lowest BCUT2D eigenvalue weighted by molar-refractivity contribution is 0.0451. The second kappa shape index (κ2) is 4.79. The van der Waals surface area contributed by atoms with Crippen molar-refractivity contribution in [2.45, 2.75) is 51.0 Å². The van der Waals surface area contributed by atoms with Gasteiger partial charge in [0.25, 0.3) is 0 Å². The summed E-state index contributed by atoms with van der Waals surface area (Å²) in [6.07, 6.45) is 9.20. The van der Waals surface area contributed by atoms with Crippen molar-refractivity contribution in [1.82, 2.24) is 0 Å². The van der Waals surface area contributed by atoms with E-state index in [0.29, 0.717) is 5.92 Å². The van der Waals surface area contributed by atoms with Crippen molar-refractivity contribution in [2.75, 3.05) is 6.61 Å². The maximum absolute atomic E-state index is 9.01. The van der Waals surface area contributed by atoms with Crippen molar-refractivity contribution in [3.8, 4) is 6.07 Å². The summed E-state index contributed by atoms with van der Waals surface area (Å²) in [7, 11) is 0. The van der Waals surface area contributed by atoms with Crippen molar-refractivity contribution in [2.24, 2.45) is 11.8 Å². The highest BCUT2D eigenvalue weighted by atomic mass is 16.5. The summed E-state index contributed by atoms with van der Waals surface area (Å²) in [5.74, 6) is 0.850. The van der Waals surface area contributed by atoms with Gasteiger partial charge in [-0.3, -0.25) is 0 Å². The van der Waals surface area contributed by atoms with Gasteiger partial charge in [-0.25, -0.2) is 0 Å². The average molecular weight is 193 g/mol. The van der Waals surface area contributed by atoms with Gasteiger partial charge in [0, 0.05) is 6.61 Å². The second-order valence-electron chi connectivity index (χ2n) is 4.61. The molecule has 0 amide bonds. The van der Waals surface area contributed by atoms with Gasteiger partial charge in [0.1, 0.15) is 0 Å². The number of hydrogen-bond acceptors (Lipinski definition) is 2. The maximum Gasteiger partial charge on any atom is 0.0762 e. The van der Waals surface area contributed by atoms with E-state index in [1.807, 2.05) is 0 Å². The van der Waals surface area contributed by atoms with E-state index >= 15 is 0 Å². The minimum Gasteiger partial charge on any atom is -0.377 e. The molecule has 2 fully saturated rings. The van der Waals surface area contributed by atoms with Crippen molar-refractivity contribution >= 4 is 0 Å². The molecule has 0 aromatic rings. The van der Waals surface area contributed by atoms with Crippen LogP contribution in [0, 0.1) is 23.2 Å². The zero-order chi connectivity index (χ0) is 9.80. The largest absolute Gasteiger partial charge is 0.377 e. The van der Waals surface area contributed by atoms with Gasteiger partial charge < -0.3 is 4.74 Å². The van der Waals surface area contributed by atoms with Crippen molar-refractivity contribution in [1.29, 1.82) is 5.26 Å². The van der Waals surface area contributed by atoms with Crippen molar-refractivity contribution in [3.05, 3.63) is 0 Å². The molecule has 0 spiro atoms. The zero-order valence-electron chi connectivity index (χ0n) is 8.74. The predicted octanol–water partition coefficient (Wildman–Crippen LogP) is 2.89. The molecule has 14 heavy (non-hydrogen) atoms. The SMILES string of the molecule is N#CC1CCOC1C1CCCCCC1. The number of nitriles is 1. The molecular formula is C12H19NO. The fourth-order valence-corrected chi connectivity index (χ4v) is 2.85. The topological polar surface area (TPSA) is 33.0 Å². The first kappa shape index (κ1) is 9.98. The van der Waals surface area contributed by atoms with E-state index in [-0.39, 0.29) is 12.0 Å². The van der Waals surface area contributed by atoms with Gasteiger partial charge in [-0.2, -0.15) is 5.26 Å². The molecule has 0 aromatic heterocycles. The highest BCUT2D eigenvalue weighted by Gasteiger charge is 2.34. The van der Waals surface area contributed by atoms with Gasteiger partial charge in [0.2, 0.25) is 0 Å². The van der Waals surface area contributed by atoms with Crippen LogP contribution in [0.2, 0.25) is 0 Å². The minimum absolute atomic E-state index is 0.179. The summed E-state index contributed by atoms with van der Waals surface area (Å²) < 4.78 is 5.73. The average Bonchev–Trinajstić information content (AvgIpc) is 2.52. The molecule has 1 saturated heterocycles. The normalized spacial score (nSPS) is 35.1. The fourth-order valence-electron chi connectivity index (χ4n) is 2.85. The first-order chi connectivity index (χ1) is 6.92. The third-order valence-corrected chi connectivity index (χ3v) is 3.67. The fraction of sp³-hybridized carbons (Fsp3) is 0.917. The molecule has 0 radical (unpaired) electrons. The zero-order valence-corrected chi connectivity index (χ0v) is 8.74. The molecule has 2 atom stereocenters. The quantitative estimate of drug-likeness (QED) is 0.600. The van der Waals surface area contributed by atoms with Crippen LogP contribution in [0.15, 0.2) is 0 Å². The molecular weight excluding hydrogens is 174 g/mol. The molecule has 1 heterocycles. The molecule has 1 aliphatic heterocycles. The summed E-state index contributed by atoms with van der Waals surface area (Å²) in [5.41, 5.74) is 0. The second-order valence-corrected chi connectivity index (χ2v) is 4.61. The molecule has 2 rings (SSSR count). The first-order valence-corrected chi connectivity index (χ1v) is 5.93. The molecule has 1 aliphatic carbocycles. The van der Waals surface area contributed by atoms with Crippen LogP contribution in [0.5, 0.6) is 0 Å². The molecule has 2 heteroatoms. The minimum atomic E-state index is 0.179. The van der Waals surface area contributed by atoms with E-state index < -0.39 is 0 Å². The lowest BCUT2D eigenvalue weighted by Crippen LogP contribution is -2.25. The summed E-state index contributed by atoms with van der Waals surface area (Å²) in [6.45, 7) is 0.805. The van der Waals surface area contributed by atoms with Gasteiger partial charge in [0.05, 0.1) is 18.1 Å². The summed E-state index contributed by atoms with van der Waals surface area (Å²) in [5, 5.41) is 9.01. The van der Waals surface area contributed by atoms with E-state index in [1.165, 1.54) is 38.5 Å². The number of hydrogen-bond donors (Lipinski definition) is 0. The summed E-state index contributed by atoms with van der Waals surface area (Å²) >= 11 is 0. The van der Waals surface area contributed by atoms with Gasteiger partial charge in [-0.15, -0.1) is 0 Å². The Kier molecular flexibility index (Phi) is 3.42. The Labute approximate surface area is 86.2 Å². The summed E-state index contributed by atoms with van der Waals surface area (Å²) in [4.78, 5) is 0. The van der Waals surface area contributed by atoms with Gasteiger partial charge in [-0.1, -0.05) is 25.7 Å². The van der Waals surface area contributed by atoms with E-state index in [2.05, 4.69) is 6.07 Å². The summed E-state index contributed by atoms with van der Waals surface area (Å²) in [6, 6.07) is 2.41. The Balaban J connectivity index is 1.95. The first-order valence-electron chi connectivity index (χ1n) is 5.93. The Hall–Kier alpha value is -0.550. The lowest BCUT2D eigenvalue weighted by Gasteiger charge is -2.23. The van der Waals surface area contributed by atoms with Crippen LogP contribution in [0.25, 0.3) is 0 Å². The predicted molar refractivity (Wildman–Crippen MR) is 54.7 cm³/mol. The molecule has 0 aromatic carbocycles. The third-order valence-electron chi connectivity index (χ3n) is 3.67. The van der Waals surface area contributed by atoms with E-state index in [4.69, 9.17) is 10.00 Å². The maximum atomic E-state index is 9.01. The van der Waals surface area contributed by atoms with E-state index in [9.17, 15) is 0 Å². The molecule has 2 unspecified atom stereocenters. The van der Waals surface area contributed by atoms with Gasteiger partial charge in [0.15, 0.2) is 0 Å². The van der Waals surface area contributed by atoms with Crippen LogP contribution in [0.4, 0.5) is 0 Å². The molecule has 78 valence electrons. The van der Waals surface area contributed by atoms with Gasteiger partial charge in [-0.05, 0) is 25.2 Å². The Morgan fingerprint density at radius 3 is 2.36 bits per heavy atom. The smallest absolute Gasteiger partial charge is 0.0762 e. The van der Waals surface area contributed by atoms with E-state index in [0.717, 1.165) is 13.0 Å². The number of ether oxygens (including phenoxy) is 1. The van der Waals surface area contributed by atoms with E-state index in [1.54, 1.807) is 0 Å². The lowest BCUT2D eigenvalue weighted by atomic mass is 9.86. The van der Waals surface area contributed by atoms with Crippen LogP contribution in [-0.4, -0.2) is 12.7 Å². The highest BCUT2D eigenvalue weighted by molar-refractivity contribution is 4.95.